The molecule has 1 aliphatic rings. The third-order valence-electron chi connectivity index (χ3n) is 6.84. The number of methoxy groups -OCH3 is 1. The number of aromatic nitrogens is 7. The van der Waals surface area contributed by atoms with Crippen LogP contribution in [-0.2, 0) is 11.8 Å². The maximum absolute atomic E-state index is 13.3. The number of likely N-dealkylation sites (N-methyl/N-ethyl adjacent to an activating group) is 1. The van der Waals surface area contributed by atoms with Crippen molar-refractivity contribution in [1.82, 2.24) is 44.7 Å². The summed E-state index contributed by atoms with van der Waals surface area (Å²) in [5.41, 5.74) is 4.04. The van der Waals surface area contributed by atoms with Crippen molar-refractivity contribution >= 4 is 34.1 Å². The van der Waals surface area contributed by atoms with E-state index in [-0.39, 0.29) is 11.9 Å². The third-order valence-corrected chi connectivity index (χ3v) is 6.84. The molecule has 1 unspecified atom stereocenters. The first-order valence-electron chi connectivity index (χ1n) is 12.6. The second-order valence-corrected chi connectivity index (χ2v) is 9.51. The minimum absolute atomic E-state index is 0.0439. The predicted molar refractivity (Wildman–Crippen MR) is 144 cm³/mol. The Hall–Kier alpha value is -4.10. The van der Waals surface area contributed by atoms with Gasteiger partial charge in [0.25, 0.3) is 5.88 Å². The Bertz CT molecular complexity index is 1440. The summed E-state index contributed by atoms with van der Waals surface area (Å²) in [6.45, 7) is 7.60. The molecule has 200 valence electrons. The fraction of sp³-hybridized carbons (Fsp3) is 0.440. The van der Waals surface area contributed by atoms with Crippen molar-refractivity contribution in [2.24, 2.45) is 7.05 Å². The molecule has 38 heavy (non-hydrogen) atoms. The van der Waals surface area contributed by atoms with Crippen LogP contribution in [0.3, 0.4) is 0 Å². The zero-order valence-corrected chi connectivity index (χ0v) is 22.3. The number of carbonyl (C=O) groups is 1. The van der Waals surface area contributed by atoms with Crippen LogP contribution in [0.25, 0.3) is 22.3 Å². The lowest BCUT2D eigenvalue weighted by molar-refractivity contribution is -0.122. The summed E-state index contributed by atoms with van der Waals surface area (Å²) in [6.07, 6.45) is 7.61. The smallest absolute Gasteiger partial charge is 0.256 e. The van der Waals surface area contributed by atoms with Gasteiger partial charge in [-0.15, -0.1) is 5.10 Å². The van der Waals surface area contributed by atoms with Gasteiger partial charge in [-0.2, -0.15) is 5.10 Å². The minimum Gasteiger partial charge on any atom is -0.478 e. The van der Waals surface area contributed by atoms with Crippen molar-refractivity contribution in [3.05, 3.63) is 30.4 Å². The van der Waals surface area contributed by atoms with Gasteiger partial charge < -0.3 is 20.3 Å². The normalized spacial score (nSPS) is 15.5. The van der Waals surface area contributed by atoms with Crippen LogP contribution in [0.1, 0.15) is 18.9 Å². The van der Waals surface area contributed by atoms with Gasteiger partial charge in [-0.1, -0.05) is 6.92 Å². The van der Waals surface area contributed by atoms with Crippen molar-refractivity contribution in [2.75, 3.05) is 51.0 Å². The molecule has 13 nitrogen and oxygen atoms in total. The lowest BCUT2D eigenvalue weighted by Gasteiger charge is -2.36. The number of fused-ring (bicyclic) bond motifs is 1. The number of pyridine rings is 1. The highest BCUT2D eigenvalue weighted by Gasteiger charge is 2.27. The van der Waals surface area contributed by atoms with Gasteiger partial charge in [-0.25, -0.2) is 9.97 Å². The molecular formula is C25H33N11O2. The number of rotatable bonds is 8. The van der Waals surface area contributed by atoms with Gasteiger partial charge >= 0.3 is 0 Å². The highest BCUT2D eigenvalue weighted by Crippen LogP contribution is 2.32. The monoisotopic (exact) mass is 519 g/mol. The minimum atomic E-state index is -0.205. The molecule has 1 saturated heterocycles. The molecule has 13 heteroatoms. The summed E-state index contributed by atoms with van der Waals surface area (Å²) >= 11 is 0. The van der Waals surface area contributed by atoms with Gasteiger partial charge in [-0.3, -0.25) is 24.5 Å². The maximum atomic E-state index is 13.3. The van der Waals surface area contributed by atoms with E-state index in [9.17, 15) is 4.79 Å². The van der Waals surface area contributed by atoms with Crippen LogP contribution in [0, 0.1) is 6.92 Å². The molecule has 0 bridgehead atoms. The van der Waals surface area contributed by atoms with E-state index >= 15 is 0 Å². The van der Waals surface area contributed by atoms with E-state index in [1.54, 1.807) is 36.6 Å². The van der Waals surface area contributed by atoms with E-state index in [0.29, 0.717) is 40.1 Å². The first-order chi connectivity index (χ1) is 18.4. The fourth-order valence-electron chi connectivity index (χ4n) is 4.73. The van der Waals surface area contributed by atoms with Crippen LogP contribution in [0.15, 0.2) is 24.8 Å². The number of nitrogens with zero attached hydrogens (tertiary/aromatic N) is 8. The number of H-pyrrole nitrogens is 1. The van der Waals surface area contributed by atoms with Crippen LogP contribution in [0.5, 0.6) is 5.88 Å². The first kappa shape index (κ1) is 25.5. The van der Waals surface area contributed by atoms with E-state index in [4.69, 9.17) is 9.72 Å². The summed E-state index contributed by atoms with van der Waals surface area (Å²) in [7, 11) is 5.47. The Morgan fingerprint density at radius 1 is 1.13 bits per heavy atom. The van der Waals surface area contributed by atoms with Gasteiger partial charge in [-0.05, 0) is 26.0 Å². The molecular weight excluding hydrogens is 486 g/mol. The average Bonchev–Trinajstić information content (AvgIpc) is 3.50. The lowest BCUT2D eigenvalue weighted by Crippen LogP contribution is -2.52. The molecule has 0 spiro atoms. The highest BCUT2D eigenvalue weighted by molar-refractivity contribution is 6.05. The number of hydrogen-bond acceptors (Lipinski definition) is 10. The zero-order valence-electron chi connectivity index (χ0n) is 22.3. The van der Waals surface area contributed by atoms with Crippen LogP contribution in [0.4, 0.5) is 17.3 Å². The van der Waals surface area contributed by atoms with E-state index in [1.165, 1.54) is 0 Å². The van der Waals surface area contributed by atoms with E-state index in [2.05, 4.69) is 52.7 Å². The molecule has 0 aliphatic carbocycles. The van der Waals surface area contributed by atoms with Gasteiger partial charge in [0, 0.05) is 51.0 Å². The number of carbonyl (C=O) groups excluding carboxylic acids is 1. The number of amides is 1. The third kappa shape index (κ3) is 5.02. The molecule has 1 atom stereocenters. The number of nitrogens with one attached hydrogen (secondary N) is 3. The number of aromatic amines is 1. The van der Waals surface area contributed by atoms with Gasteiger partial charge in [0.1, 0.15) is 11.4 Å². The van der Waals surface area contributed by atoms with Gasteiger partial charge in [0.15, 0.2) is 0 Å². The van der Waals surface area contributed by atoms with Crippen molar-refractivity contribution in [3.63, 3.8) is 0 Å². The van der Waals surface area contributed by atoms with Gasteiger partial charge in [0.2, 0.25) is 11.9 Å². The Balaban J connectivity index is 1.41. The summed E-state index contributed by atoms with van der Waals surface area (Å²) in [5, 5.41) is 18.9. The molecule has 5 heterocycles. The number of aryl methyl sites for hydroxylation is 2. The van der Waals surface area contributed by atoms with Crippen molar-refractivity contribution in [3.8, 4) is 17.3 Å². The van der Waals surface area contributed by atoms with Crippen molar-refractivity contribution in [1.29, 1.82) is 0 Å². The Kier molecular flexibility index (Phi) is 7.20. The van der Waals surface area contributed by atoms with E-state index in [0.717, 1.165) is 43.5 Å². The summed E-state index contributed by atoms with van der Waals surface area (Å²) < 4.78 is 6.96. The molecule has 0 radical (unpaired) electrons. The van der Waals surface area contributed by atoms with Crippen LogP contribution < -0.4 is 15.4 Å². The van der Waals surface area contributed by atoms with Crippen LogP contribution >= 0.6 is 0 Å². The quantitative estimate of drug-likeness (QED) is 0.317. The number of anilines is 3. The summed E-state index contributed by atoms with van der Waals surface area (Å²) in [5.74, 6) is 0.774. The largest absolute Gasteiger partial charge is 0.478 e. The first-order valence-corrected chi connectivity index (χ1v) is 12.6. The fourth-order valence-corrected chi connectivity index (χ4v) is 4.73. The summed E-state index contributed by atoms with van der Waals surface area (Å²) in [4.78, 5) is 31.4. The lowest BCUT2D eigenvalue weighted by atomic mass is 10.1. The molecule has 3 N–H and O–H groups in total. The number of piperazine rings is 1. The SMILES string of the molecule is CCC(C(=O)Nc1cncc2c(-c3nc(Nc4cn(C)nc4OC)ncc3C)n[nH]c12)N1CCN(C)CC1. The van der Waals surface area contributed by atoms with Crippen LogP contribution in [-0.4, -0.2) is 97.0 Å². The Morgan fingerprint density at radius 2 is 1.92 bits per heavy atom. The summed E-state index contributed by atoms with van der Waals surface area (Å²) in [6, 6.07) is -0.205. The number of hydrogen-bond donors (Lipinski definition) is 3. The highest BCUT2D eigenvalue weighted by atomic mass is 16.5. The average molecular weight is 520 g/mol. The standard InChI is InChI=1S/C25H33N11O2/c1-6-19(36-9-7-34(3)8-10-36)23(37)28-17-13-26-12-16-21(17)31-32-22(16)20-15(2)11-27-25(30-20)29-18-14-35(4)33-24(18)38-5/h11-14,19H,6-10H2,1-5H3,(H,28,37)(H,31,32)(H,27,29,30). The molecule has 1 aliphatic heterocycles. The second kappa shape index (κ2) is 10.7. The maximum Gasteiger partial charge on any atom is 0.256 e. The molecule has 4 aromatic rings. The molecule has 5 rings (SSSR count). The predicted octanol–water partition coefficient (Wildman–Crippen LogP) is 2.17. The Labute approximate surface area is 220 Å². The molecule has 4 aromatic heterocycles. The number of ether oxygens (including phenoxy) is 1. The zero-order chi connectivity index (χ0) is 26.8. The molecule has 0 aromatic carbocycles. The van der Waals surface area contributed by atoms with Crippen molar-refractivity contribution < 1.29 is 9.53 Å². The molecule has 1 amide bonds. The Morgan fingerprint density at radius 3 is 2.66 bits per heavy atom. The van der Waals surface area contributed by atoms with Crippen molar-refractivity contribution in [2.45, 2.75) is 26.3 Å². The van der Waals surface area contributed by atoms with Gasteiger partial charge in [0.05, 0.1) is 42.4 Å². The molecule has 0 saturated carbocycles. The van der Waals surface area contributed by atoms with Crippen LogP contribution in [0.2, 0.25) is 0 Å². The van der Waals surface area contributed by atoms with E-state index < -0.39 is 0 Å². The second-order valence-electron chi connectivity index (χ2n) is 9.51. The topological polar surface area (TPSA) is 142 Å². The molecule has 1 fully saturated rings. The van der Waals surface area contributed by atoms with E-state index in [1.807, 2.05) is 20.9 Å².